The van der Waals surface area contributed by atoms with E-state index < -0.39 is 5.91 Å². The van der Waals surface area contributed by atoms with Gasteiger partial charge in [-0.3, -0.25) is 9.59 Å². The van der Waals surface area contributed by atoms with Gasteiger partial charge in [-0.25, -0.2) is 14.5 Å². The van der Waals surface area contributed by atoms with Gasteiger partial charge in [0.05, 0.1) is 16.4 Å². The number of carbonyl (C=O) groups is 2. The molecule has 5 N–H and O–H groups in total. The second-order valence-corrected chi connectivity index (χ2v) is 11.9. The highest BCUT2D eigenvalue weighted by Gasteiger charge is 2.30. The quantitative estimate of drug-likeness (QED) is 0.403. The summed E-state index contributed by atoms with van der Waals surface area (Å²) in [6.07, 6.45) is 10.5. The number of nitrogens with two attached hydrogens (primary N) is 2. The van der Waals surface area contributed by atoms with E-state index in [1.807, 2.05) is 11.4 Å². The first-order valence-electron chi connectivity index (χ1n) is 13.7. The molecule has 0 aromatic carbocycles. The number of rotatable bonds is 7. The number of ether oxygens (including phenoxy) is 1. The van der Waals surface area contributed by atoms with Gasteiger partial charge in [0, 0.05) is 31.6 Å². The van der Waals surface area contributed by atoms with Crippen molar-refractivity contribution in [1.82, 2.24) is 24.9 Å². The molecule has 4 heterocycles. The normalized spacial score (nSPS) is 23.8. The predicted molar refractivity (Wildman–Crippen MR) is 150 cm³/mol. The summed E-state index contributed by atoms with van der Waals surface area (Å²) in [6.45, 7) is 3.64. The van der Waals surface area contributed by atoms with Crippen LogP contribution in [0.3, 0.4) is 0 Å². The van der Waals surface area contributed by atoms with Crippen LogP contribution in [0.4, 0.5) is 11.5 Å². The van der Waals surface area contributed by atoms with Crippen molar-refractivity contribution in [2.24, 2.45) is 5.73 Å². The third-order valence-corrected chi connectivity index (χ3v) is 8.95. The minimum atomic E-state index is -0.488. The number of thiazole rings is 1. The van der Waals surface area contributed by atoms with Crippen LogP contribution in [0.15, 0.2) is 18.5 Å². The summed E-state index contributed by atoms with van der Waals surface area (Å²) in [5.41, 5.74) is 15.6. The number of hydrogen-bond donors (Lipinski definition) is 3. The first kappa shape index (κ1) is 25.8. The van der Waals surface area contributed by atoms with Crippen LogP contribution >= 0.6 is 11.3 Å². The second-order valence-electron chi connectivity index (χ2n) is 10.7. The summed E-state index contributed by atoms with van der Waals surface area (Å²) in [4.78, 5) is 35.1. The van der Waals surface area contributed by atoms with Gasteiger partial charge in [0.25, 0.3) is 5.91 Å². The van der Waals surface area contributed by atoms with Gasteiger partial charge in [0.2, 0.25) is 5.88 Å². The van der Waals surface area contributed by atoms with Crippen molar-refractivity contribution >= 4 is 45.6 Å². The van der Waals surface area contributed by atoms with E-state index in [0.29, 0.717) is 35.1 Å². The Labute approximate surface area is 230 Å². The summed E-state index contributed by atoms with van der Waals surface area (Å²) in [5.74, 6) is 0.488. The fourth-order valence-electron chi connectivity index (χ4n) is 6.13. The highest BCUT2D eigenvalue weighted by atomic mass is 32.1. The molecule has 1 aliphatic heterocycles. The van der Waals surface area contributed by atoms with Crippen molar-refractivity contribution in [2.75, 3.05) is 23.7 Å². The molecule has 1 atom stereocenters. The first-order chi connectivity index (χ1) is 18.9. The van der Waals surface area contributed by atoms with Gasteiger partial charge in [-0.15, -0.1) is 11.3 Å². The van der Waals surface area contributed by atoms with Gasteiger partial charge in [0.15, 0.2) is 16.5 Å². The number of fused-ring (bicyclic) bond motifs is 1. The van der Waals surface area contributed by atoms with Crippen LogP contribution in [0.1, 0.15) is 71.7 Å². The molecule has 11 nitrogen and oxygen atoms in total. The van der Waals surface area contributed by atoms with E-state index in [9.17, 15) is 9.59 Å². The van der Waals surface area contributed by atoms with Crippen LogP contribution in [0.25, 0.3) is 11.1 Å². The number of anilines is 2. The SMILES string of the molecule is Cc1nc(OC2CCC(N[C@@H]3CCCN(c4cc(C5=CC(=O)CC5)n5ncnc(N)c45)C3)CC2)c(C(N)=O)s1. The molecule has 0 spiro atoms. The fourth-order valence-corrected chi connectivity index (χ4v) is 6.84. The number of nitrogens with zero attached hydrogens (tertiary/aromatic N) is 5. The van der Waals surface area contributed by atoms with E-state index >= 15 is 0 Å². The molecule has 2 fully saturated rings. The van der Waals surface area contributed by atoms with Crippen LogP contribution in [0.2, 0.25) is 0 Å². The molecule has 3 aliphatic rings. The average molecular weight is 551 g/mol. The van der Waals surface area contributed by atoms with E-state index in [4.69, 9.17) is 16.2 Å². The number of nitrogens with one attached hydrogen (secondary N) is 1. The minimum absolute atomic E-state index is 0.0383. The molecule has 0 bridgehead atoms. The number of aromatic nitrogens is 4. The minimum Gasteiger partial charge on any atom is -0.473 e. The van der Waals surface area contributed by atoms with Crippen molar-refractivity contribution in [3.8, 4) is 5.88 Å². The van der Waals surface area contributed by atoms with Crippen molar-refractivity contribution in [2.45, 2.75) is 76.5 Å². The molecule has 2 aliphatic carbocycles. The summed E-state index contributed by atoms with van der Waals surface area (Å²) < 4.78 is 7.94. The van der Waals surface area contributed by atoms with Crippen LogP contribution in [-0.4, -0.2) is 62.5 Å². The lowest BCUT2D eigenvalue weighted by Gasteiger charge is -2.38. The third kappa shape index (κ3) is 5.22. The van der Waals surface area contributed by atoms with Crippen molar-refractivity contribution in [3.63, 3.8) is 0 Å². The highest BCUT2D eigenvalue weighted by Crippen LogP contribution is 2.36. The lowest BCUT2D eigenvalue weighted by Crippen LogP contribution is -2.50. The first-order valence-corrected chi connectivity index (χ1v) is 14.5. The van der Waals surface area contributed by atoms with Gasteiger partial charge < -0.3 is 26.4 Å². The smallest absolute Gasteiger partial charge is 0.264 e. The number of nitrogen functional groups attached to an aromatic ring is 1. The molecule has 0 radical (unpaired) electrons. The molecule has 39 heavy (non-hydrogen) atoms. The Morgan fingerprint density at radius 2 is 2.00 bits per heavy atom. The second kappa shape index (κ2) is 10.6. The molecule has 1 amide bonds. The third-order valence-electron chi connectivity index (χ3n) is 7.98. The number of amides is 1. The Bertz CT molecular complexity index is 1440. The summed E-state index contributed by atoms with van der Waals surface area (Å²) in [6, 6.07) is 2.88. The lowest BCUT2D eigenvalue weighted by molar-refractivity contribution is -0.114. The van der Waals surface area contributed by atoms with Gasteiger partial charge in [-0.05, 0) is 69.6 Å². The number of allylic oxidation sites excluding steroid dienone is 2. The monoisotopic (exact) mass is 550 g/mol. The number of hydrogen-bond acceptors (Lipinski definition) is 10. The number of ketones is 1. The van der Waals surface area contributed by atoms with Crippen LogP contribution in [0.5, 0.6) is 5.88 Å². The van der Waals surface area contributed by atoms with E-state index in [0.717, 1.165) is 85.5 Å². The zero-order valence-electron chi connectivity index (χ0n) is 22.1. The van der Waals surface area contributed by atoms with E-state index in [2.05, 4.69) is 31.3 Å². The van der Waals surface area contributed by atoms with Crippen LogP contribution in [0, 0.1) is 6.92 Å². The summed E-state index contributed by atoms with van der Waals surface area (Å²) in [5, 5.41) is 9.16. The zero-order valence-corrected chi connectivity index (χ0v) is 22.9. The molecular weight excluding hydrogens is 516 g/mol. The van der Waals surface area contributed by atoms with Gasteiger partial charge in [-0.1, -0.05) is 0 Å². The van der Waals surface area contributed by atoms with Gasteiger partial charge >= 0.3 is 0 Å². The maximum atomic E-state index is 11.9. The topological polar surface area (TPSA) is 154 Å². The molecule has 0 unspecified atom stereocenters. The van der Waals surface area contributed by atoms with E-state index in [1.54, 1.807) is 6.08 Å². The molecule has 1 saturated heterocycles. The van der Waals surface area contributed by atoms with E-state index in [-0.39, 0.29) is 11.9 Å². The molecule has 3 aromatic heterocycles. The van der Waals surface area contributed by atoms with Crippen LogP contribution < -0.4 is 26.4 Å². The summed E-state index contributed by atoms with van der Waals surface area (Å²) >= 11 is 1.28. The predicted octanol–water partition coefficient (Wildman–Crippen LogP) is 2.87. The fraction of sp³-hybridized carbons (Fsp3) is 0.519. The van der Waals surface area contributed by atoms with Crippen LogP contribution in [-0.2, 0) is 4.79 Å². The number of carbonyl (C=O) groups excluding carboxylic acids is 2. The maximum absolute atomic E-state index is 11.9. The standard InChI is InChI=1S/C27H34N8O3S/c1-15-32-27(24(39-15)26(29)37)38-20-8-5-17(6-9-20)33-18-3-2-10-34(13-18)22-12-21(16-4-7-19(36)11-16)35-23(22)25(28)30-14-31-35/h11-12,14,17-18,20,33H,2-10,13H2,1H3,(H2,29,37)(H2,28,30,31)/t17?,18-,20?/m1/s1. The Morgan fingerprint density at radius 3 is 2.74 bits per heavy atom. The molecule has 206 valence electrons. The van der Waals surface area contributed by atoms with Crippen molar-refractivity contribution in [3.05, 3.63) is 34.0 Å². The molecular formula is C27H34N8O3S. The largest absolute Gasteiger partial charge is 0.473 e. The summed E-state index contributed by atoms with van der Waals surface area (Å²) in [7, 11) is 0. The van der Waals surface area contributed by atoms with Crippen molar-refractivity contribution < 1.29 is 14.3 Å². The Hall–Kier alpha value is -3.51. The van der Waals surface area contributed by atoms with Gasteiger partial charge in [0.1, 0.15) is 17.9 Å². The van der Waals surface area contributed by atoms with Gasteiger partial charge in [-0.2, -0.15) is 5.10 Å². The Kier molecular flexibility index (Phi) is 6.98. The Balaban J connectivity index is 1.11. The zero-order chi connectivity index (χ0) is 27.1. The van der Waals surface area contributed by atoms with E-state index in [1.165, 1.54) is 17.7 Å². The highest BCUT2D eigenvalue weighted by molar-refractivity contribution is 7.13. The molecule has 1 saturated carbocycles. The molecule has 6 rings (SSSR count). The molecule has 3 aromatic rings. The number of piperidine rings is 1. The lowest BCUT2D eigenvalue weighted by atomic mass is 9.91. The Morgan fingerprint density at radius 1 is 1.18 bits per heavy atom. The number of primary amides is 1. The number of aryl methyl sites for hydroxylation is 1. The molecule has 12 heteroatoms. The van der Waals surface area contributed by atoms with Crippen molar-refractivity contribution in [1.29, 1.82) is 0 Å². The average Bonchev–Trinajstić information content (AvgIpc) is 3.62. The maximum Gasteiger partial charge on any atom is 0.264 e.